The summed E-state index contributed by atoms with van der Waals surface area (Å²) in [5.74, 6) is -0.245. The van der Waals surface area contributed by atoms with E-state index in [2.05, 4.69) is 49.2 Å². The van der Waals surface area contributed by atoms with E-state index in [0.29, 0.717) is 5.95 Å². The molecule has 2 aromatic heterocycles. The molecular weight excluding hydrogens is 384 g/mol. The molecule has 0 saturated carbocycles. The summed E-state index contributed by atoms with van der Waals surface area (Å²) < 4.78 is 5.06. The van der Waals surface area contributed by atoms with Crippen molar-refractivity contribution in [2.75, 3.05) is 50.1 Å². The van der Waals surface area contributed by atoms with Gasteiger partial charge in [0.2, 0.25) is 5.95 Å². The first-order valence-corrected chi connectivity index (χ1v) is 9.91. The molecule has 0 aliphatic carbocycles. The van der Waals surface area contributed by atoms with Crippen molar-refractivity contribution in [2.24, 2.45) is 0 Å². The second-order valence-corrected chi connectivity index (χ2v) is 7.17. The van der Waals surface area contributed by atoms with E-state index in [1.54, 1.807) is 6.92 Å². The molecule has 0 bridgehead atoms. The Hall–Kier alpha value is -3.46. The van der Waals surface area contributed by atoms with Gasteiger partial charge in [-0.05, 0) is 38.2 Å². The van der Waals surface area contributed by atoms with Gasteiger partial charge in [0, 0.05) is 49.9 Å². The fraction of sp³-hybridized carbons (Fsp3) is 0.333. The summed E-state index contributed by atoms with van der Waals surface area (Å²) in [6.07, 6.45) is 2.73. The van der Waals surface area contributed by atoms with Crippen molar-refractivity contribution in [3.63, 3.8) is 0 Å². The summed E-state index contributed by atoms with van der Waals surface area (Å²) in [5, 5.41) is 3.37. The second-order valence-electron chi connectivity index (χ2n) is 7.17. The highest BCUT2D eigenvalue weighted by molar-refractivity contribution is 6.02. The van der Waals surface area contributed by atoms with Gasteiger partial charge in [-0.3, -0.25) is 4.79 Å². The highest BCUT2D eigenvalue weighted by Gasteiger charge is 2.16. The van der Waals surface area contributed by atoms with Crippen molar-refractivity contribution in [3.8, 4) is 0 Å². The van der Waals surface area contributed by atoms with Crippen LogP contribution in [0, 0.1) is 0 Å². The summed E-state index contributed by atoms with van der Waals surface area (Å²) in [7, 11) is 2.13. The maximum Gasteiger partial charge on any atom is 0.341 e. The minimum Gasteiger partial charge on any atom is -0.462 e. The Labute approximate surface area is 173 Å². The van der Waals surface area contributed by atoms with Crippen LogP contribution in [0.3, 0.4) is 0 Å². The lowest BCUT2D eigenvalue weighted by Gasteiger charge is -2.34. The molecule has 0 radical (unpaired) electrons. The van der Waals surface area contributed by atoms with Crippen LogP contribution in [0.4, 0.5) is 17.3 Å². The van der Waals surface area contributed by atoms with Crippen molar-refractivity contribution in [2.45, 2.75) is 6.92 Å². The van der Waals surface area contributed by atoms with Gasteiger partial charge < -0.3 is 24.8 Å². The van der Waals surface area contributed by atoms with E-state index >= 15 is 0 Å². The minimum absolute atomic E-state index is 0.197. The van der Waals surface area contributed by atoms with Gasteiger partial charge in [0.25, 0.3) is 5.56 Å². The van der Waals surface area contributed by atoms with Crippen LogP contribution in [0.1, 0.15) is 17.3 Å². The van der Waals surface area contributed by atoms with E-state index in [1.807, 2.05) is 12.1 Å². The molecule has 156 valence electrons. The van der Waals surface area contributed by atoms with Crippen LogP contribution in [-0.2, 0) is 4.74 Å². The fourth-order valence-corrected chi connectivity index (χ4v) is 3.41. The maximum absolute atomic E-state index is 12.2. The number of likely N-dealkylation sites (N-methyl/N-ethyl adjacent to an activating group) is 1. The predicted octanol–water partition coefficient (Wildman–Crippen LogP) is 1.99. The summed E-state index contributed by atoms with van der Waals surface area (Å²) in [4.78, 5) is 40.1. The van der Waals surface area contributed by atoms with Gasteiger partial charge in [-0.2, -0.15) is 0 Å². The number of hydrogen-bond acceptors (Lipinski definition) is 8. The van der Waals surface area contributed by atoms with Crippen LogP contribution in [0.5, 0.6) is 0 Å². The molecule has 2 N–H and O–H groups in total. The first-order valence-electron chi connectivity index (χ1n) is 9.91. The standard InChI is InChI=1S/C21H24N6O3/c1-3-30-20(29)17-13-22-19(28)16-12-23-21(25-18(16)17)24-14-4-6-15(7-5-14)27-10-8-26(2)9-11-27/h4-7,12-13H,3,8-11H2,1-2H3,(H,22,28)(H,23,24,25). The van der Waals surface area contributed by atoms with E-state index in [9.17, 15) is 9.59 Å². The topological polar surface area (TPSA) is 103 Å². The van der Waals surface area contributed by atoms with Crippen LogP contribution in [0.2, 0.25) is 0 Å². The number of aromatic nitrogens is 3. The summed E-state index contributed by atoms with van der Waals surface area (Å²) in [6, 6.07) is 8.05. The molecule has 9 nitrogen and oxygen atoms in total. The lowest BCUT2D eigenvalue weighted by Crippen LogP contribution is -2.44. The van der Waals surface area contributed by atoms with Gasteiger partial charge in [0.05, 0.1) is 17.5 Å². The third-order valence-corrected chi connectivity index (χ3v) is 5.12. The smallest absolute Gasteiger partial charge is 0.341 e. The molecule has 3 heterocycles. The van der Waals surface area contributed by atoms with Gasteiger partial charge in [0.1, 0.15) is 5.56 Å². The van der Waals surface area contributed by atoms with Crippen LogP contribution in [0.15, 0.2) is 41.5 Å². The average molecular weight is 408 g/mol. The zero-order valence-corrected chi connectivity index (χ0v) is 17.0. The lowest BCUT2D eigenvalue weighted by atomic mass is 10.2. The number of carbonyl (C=O) groups is 1. The average Bonchev–Trinajstić information content (AvgIpc) is 2.75. The van der Waals surface area contributed by atoms with Crippen LogP contribution in [-0.4, -0.2) is 65.7 Å². The maximum atomic E-state index is 12.2. The summed E-state index contributed by atoms with van der Waals surface area (Å²) >= 11 is 0. The molecule has 0 amide bonds. The highest BCUT2D eigenvalue weighted by Crippen LogP contribution is 2.22. The van der Waals surface area contributed by atoms with Crippen LogP contribution < -0.4 is 15.8 Å². The largest absolute Gasteiger partial charge is 0.462 e. The van der Waals surface area contributed by atoms with E-state index in [0.717, 1.165) is 31.9 Å². The molecule has 1 saturated heterocycles. The monoisotopic (exact) mass is 408 g/mol. The van der Waals surface area contributed by atoms with Crippen LogP contribution >= 0.6 is 0 Å². The summed E-state index contributed by atoms with van der Waals surface area (Å²) in [5.41, 5.74) is 2.08. The van der Waals surface area contributed by atoms with Gasteiger partial charge in [-0.15, -0.1) is 0 Å². The fourth-order valence-electron chi connectivity index (χ4n) is 3.41. The zero-order chi connectivity index (χ0) is 21.1. The van der Waals surface area contributed by atoms with Gasteiger partial charge in [-0.25, -0.2) is 14.8 Å². The van der Waals surface area contributed by atoms with E-state index < -0.39 is 5.97 Å². The van der Waals surface area contributed by atoms with Crippen molar-refractivity contribution >= 4 is 34.2 Å². The Morgan fingerprint density at radius 3 is 2.63 bits per heavy atom. The number of carbonyl (C=O) groups excluding carboxylic acids is 1. The lowest BCUT2D eigenvalue weighted by molar-refractivity contribution is 0.0528. The molecule has 1 aliphatic heterocycles. The molecule has 1 aromatic carbocycles. The number of ether oxygens (including phenoxy) is 1. The third-order valence-electron chi connectivity index (χ3n) is 5.12. The highest BCUT2D eigenvalue weighted by atomic mass is 16.5. The molecular formula is C21H24N6O3. The van der Waals surface area contributed by atoms with E-state index in [-0.39, 0.29) is 28.6 Å². The number of nitrogens with one attached hydrogen (secondary N) is 2. The molecule has 30 heavy (non-hydrogen) atoms. The summed E-state index contributed by atoms with van der Waals surface area (Å²) in [6.45, 7) is 6.05. The van der Waals surface area contributed by atoms with Gasteiger partial charge in [0.15, 0.2) is 0 Å². The first kappa shape index (κ1) is 19.8. The SMILES string of the molecule is CCOC(=O)c1c[nH]c(=O)c2cnc(Nc3ccc(N4CCN(C)CC4)cc3)nc12. The molecule has 1 fully saturated rings. The number of benzene rings is 1. The molecule has 0 atom stereocenters. The Morgan fingerprint density at radius 2 is 1.93 bits per heavy atom. The minimum atomic E-state index is -0.542. The second kappa shape index (κ2) is 8.50. The number of nitrogens with zero attached hydrogens (tertiary/aromatic N) is 4. The Bertz CT molecular complexity index is 1100. The Balaban J connectivity index is 1.57. The molecule has 3 aromatic rings. The number of rotatable bonds is 5. The van der Waals surface area contributed by atoms with Crippen LogP contribution in [0.25, 0.3) is 10.9 Å². The number of pyridine rings is 1. The molecule has 0 unspecified atom stereocenters. The molecule has 0 spiro atoms. The number of piperazine rings is 1. The normalized spacial score (nSPS) is 14.7. The Kier molecular flexibility index (Phi) is 5.62. The Morgan fingerprint density at radius 1 is 1.20 bits per heavy atom. The number of H-pyrrole nitrogens is 1. The van der Waals surface area contributed by atoms with Crippen molar-refractivity contribution in [3.05, 3.63) is 52.6 Å². The first-order chi connectivity index (χ1) is 14.5. The van der Waals surface area contributed by atoms with Gasteiger partial charge in [-0.1, -0.05) is 0 Å². The van der Waals surface area contributed by atoms with E-state index in [1.165, 1.54) is 18.1 Å². The number of fused-ring (bicyclic) bond motifs is 1. The van der Waals surface area contributed by atoms with Crippen molar-refractivity contribution < 1.29 is 9.53 Å². The van der Waals surface area contributed by atoms with Gasteiger partial charge >= 0.3 is 5.97 Å². The zero-order valence-electron chi connectivity index (χ0n) is 17.0. The van der Waals surface area contributed by atoms with E-state index in [4.69, 9.17) is 4.74 Å². The molecule has 9 heteroatoms. The molecule has 4 rings (SSSR count). The van der Waals surface area contributed by atoms with Crippen molar-refractivity contribution in [1.82, 2.24) is 19.9 Å². The number of hydrogen-bond donors (Lipinski definition) is 2. The third kappa shape index (κ3) is 4.11. The quantitative estimate of drug-likeness (QED) is 0.618. The number of esters is 1. The molecule has 1 aliphatic rings. The predicted molar refractivity (Wildman–Crippen MR) is 116 cm³/mol. The van der Waals surface area contributed by atoms with Crippen molar-refractivity contribution in [1.29, 1.82) is 0 Å². The number of aromatic amines is 1. The number of anilines is 3.